The molecule has 0 fully saturated rings. The van der Waals surface area contributed by atoms with Gasteiger partial charge in [-0.05, 0) is 23.2 Å². The summed E-state index contributed by atoms with van der Waals surface area (Å²) >= 11 is 9.21. The Kier molecular flexibility index (Phi) is 3.91. The summed E-state index contributed by atoms with van der Waals surface area (Å²) in [5.74, 6) is 0.695. The van der Waals surface area contributed by atoms with E-state index in [4.69, 9.17) is 11.6 Å². The number of hydrogen-bond acceptors (Lipinski definition) is 4. The second-order valence-electron chi connectivity index (χ2n) is 3.53. The molecule has 0 aliphatic heterocycles. The SMILES string of the molecule is CN(Cc1ccccc1Br)c1cnnc(Cl)n1. The number of rotatable bonds is 3. The van der Waals surface area contributed by atoms with Gasteiger partial charge in [0.15, 0.2) is 5.82 Å². The lowest BCUT2D eigenvalue weighted by molar-refractivity contribution is 0.859. The maximum Gasteiger partial charge on any atom is 0.244 e. The van der Waals surface area contributed by atoms with Gasteiger partial charge in [0.2, 0.25) is 5.28 Å². The van der Waals surface area contributed by atoms with E-state index in [0.29, 0.717) is 5.82 Å². The predicted octanol–water partition coefficient (Wildman–Crippen LogP) is 2.92. The molecule has 0 aliphatic carbocycles. The standard InChI is InChI=1S/C11H10BrClN4/c1-17(10-6-14-16-11(13)15-10)7-8-4-2-3-5-9(8)12/h2-6H,7H2,1H3. The van der Waals surface area contributed by atoms with Crippen LogP contribution >= 0.6 is 27.5 Å². The molecular weight excluding hydrogens is 304 g/mol. The van der Waals surface area contributed by atoms with Crippen LogP contribution in [0.25, 0.3) is 0 Å². The molecule has 17 heavy (non-hydrogen) atoms. The van der Waals surface area contributed by atoms with Gasteiger partial charge >= 0.3 is 0 Å². The van der Waals surface area contributed by atoms with E-state index >= 15 is 0 Å². The van der Waals surface area contributed by atoms with Crippen LogP contribution in [0, 0.1) is 0 Å². The molecule has 0 aliphatic rings. The third-order valence-corrected chi connectivity index (χ3v) is 3.21. The van der Waals surface area contributed by atoms with Gasteiger partial charge in [-0.2, -0.15) is 10.1 Å². The molecule has 2 rings (SSSR count). The Bertz CT molecular complexity index is 520. The van der Waals surface area contributed by atoms with Crippen LogP contribution in [-0.4, -0.2) is 22.2 Å². The molecule has 1 aromatic carbocycles. The summed E-state index contributed by atoms with van der Waals surface area (Å²) in [5.41, 5.74) is 1.17. The van der Waals surface area contributed by atoms with E-state index < -0.39 is 0 Å². The molecule has 0 unspecified atom stereocenters. The molecule has 6 heteroatoms. The highest BCUT2D eigenvalue weighted by Crippen LogP contribution is 2.19. The number of aromatic nitrogens is 3. The summed E-state index contributed by atoms with van der Waals surface area (Å²) < 4.78 is 1.07. The van der Waals surface area contributed by atoms with Crippen LogP contribution in [0.1, 0.15) is 5.56 Å². The topological polar surface area (TPSA) is 41.9 Å². The van der Waals surface area contributed by atoms with Crippen molar-refractivity contribution in [2.45, 2.75) is 6.54 Å². The van der Waals surface area contributed by atoms with Gasteiger partial charge in [0.05, 0.1) is 6.20 Å². The quantitative estimate of drug-likeness (QED) is 0.874. The van der Waals surface area contributed by atoms with Crippen molar-refractivity contribution in [3.8, 4) is 0 Å². The van der Waals surface area contributed by atoms with Crippen molar-refractivity contribution in [2.24, 2.45) is 0 Å². The highest BCUT2D eigenvalue weighted by molar-refractivity contribution is 9.10. The Balaban J connectivity index is 2.17. The molecule has 4 nitrogen and oxygen atoms in total. The highest BCUT2D eigenvalue weighted by atomic mass is 79.9. The fraction of sp³-hybridized carbons (Fsp3) is 0.182. The smallest absolute Gasteiger partial charge is 0.244 e. The lowest BCUT2D eigenvalue weighted by atomic mass is 10.2. The van der Waals surface area contributed by atoms with Crippen LogP contribution < -0.4 is 4.90 Å². The molecule has 0 spiro atoms. The zero-order valence-electron chi connectivity index (χ0n) is 9.14. The van der Waals surface area contributed by atoms with Crippen molar-refractivity contribution < 1.29 is 0 Å². The number of halogens is 2. The molecule has 0 radical (unpaired) electrons. The van der Waals surface area contributed by atoms with Gasteiger partial charge in [0.25, 0.3) is 0 Å². The van der Waals surface area contributed by atoms with Gasteiger partial charge in [-0.15, -0.1) is 5.10 Å². The lowest BCUT2D eigenvalue weighted by Gasteiger charge is -2.18. The minimum absolute atomic E-state index is 0.154. The molecule has 1 heterocycles. The van der Waals surface area contributed by atoms with Crippen LogP contribution in [0.4, 0.5) is 5.82 Å². The van der Waals surface area contributed by atoms with Crippen molar-refractivity contribution in [1.29, 1.82) is 0 Å². The van der Waals surface area contributed by atoms with Crippen LogP contribution in [-0.2, 0) is 6.54 Å². The third kappa shape index (κ3) is 3.14. The van der Waals surface area contributed by atoms with Crippen LogP contribution in [0.3, 0.4) is 0 Å². The number of anilines is 1. The maximum absolute atomic E-state index is 5.70. The van der Waals surface area contributed by atoms with Crippen molar-refractivity contribution in [3.63, 3.8) is 0 Å². The summed E-state index contributed by atoms with van der Waals surface area (Å²) in [6, 6.07) is 8.04. The Labute approximate surface area is 113 Å². The monoisotopic (exact) mass is 312 g/mol. The average Bonchev–Trinajstić information content (AvgIpc) is 2.32. The minimum atomic E-state index is 0.154. The highest BCUT2D eigenvalue weighted by Gasteiger charge is 2.07. The average molecular weight is 314 g/mol. The fourth-order valence-electron chi connectivity index (χ4n) is 1.42. The number of hydrogen-bond donors (Lipinski definition) is 0. The Morgan fingerprint density at radius 1 is 1.35 bits per heavy atom. The molecule has 88 valence electrons. The Hall–Kier alpha value is -1.20. The van der Waals surface area contributed by atoms with Crippen LogP contribution in [0.2, 0.25) is 5.28 Å². The van der Waals surface area contributed by atoms with E-state index in [9.17, 15) is 0 Å². The maximum atomic E-state index is 5.70. The predicted molar refractivity (Wildman–Crippen MR) is 71.1 cm³/mol. The van der Waals surface area contributed by atoms with Crippen molar-refractivity contribution in [3.05, 3.63) is 45.8 Å². The zero-order valence-corrected chi connectivity index (χ0v) is 11.5. The second-order valence-corrected chi connectivity index (χ2v) is 4.72. The van der Waals surface area contributed by atoms with E-state index in [2.05, 4.69) is 37.2 Å². The lowest BCUT2D eigenvalue weighted by Crippen LogP contribution is -2.18. The van der Waals surface area contributed by atoms with Crippen LogP contribution in [0.15, 0.2) is 34.9 Å². The molecule has 0 saturated carbocycles. The normalized spacial score (nSPS) is 10.3. The first-order chi connectivity index (χ1) is 8.16. The van der Waals surface area contributed by atoms with Gasteiger partial charge in [-0.25, -0.2) is 0 Å². The number of nitrogens with zero attached hydrogens (tertiary/aromatic N) is 4. The zero-order chi connectivity index (χ0) is 12.3. The van der Waals surface area contributed by atoms with Crippen molar-refractivity contribution in [2.75, 3.05) is 11.9 Å². The van der Waals surface area contributed by atoms with E-state index in [-0.39, 0.29) is 5.28 Å². The molecule has 0 amide bonds. The largest absolute Gasteiger partial charge is 0.354 e. The van der Waals surface area contributed by atoms with Gasteiger partial charge in [0.1, 0.15) is 0 Å². The van der Waals surface area contributed by atoms with E-state index in [1.807, 2.05) is 30.1 Å². The van der Waals surface area contributed by atoms with Crippen molar-refractivity contribution >= 4 is 33.3 Å². The molecule has 0 saturated heterocycles. The summed E-state index contributed by atoms with van der Waals surface area (Å²) in [7, 11) is 1.93. The Morgan fingerprint density at radius 3 is 2.82 bits per heavy atom. The van der Waals surface area contributed by atoms with Gasteiger partial charge in [-0.1, -0.05) is 34.1 Å². The first-order valence-corrected chi connectivity index (χ1v) is 6.13. The molecular formula is C11H10BrClN4. The summed E-state index contributed by atoms with van der Waals surface area (Å²) in [5, 5.41) is 7.54. The molecule has 2 aromatic rings. The fourth-order valence-corrected chi connectivity index (χ4v) is 1.96. The van der Waals surface area contributed by atoms with Gasteiger partial charge < -0.3 is 4.90 Å². The van der Waals surface area contributed by atoms with E-state index in [1.54, 1.807) is 6.20 Å². The molecule has 0 N–H and O–H groups in total. The van der Waals surface area contributed by atoms with Gasteiger partial charge in [-0.3, -0.25) is 0 Å². The van der Waals surface area contributed by atoms with Gasteiger partial charge in [0, 0.05) is 18.1 Å². The van der Waals surface area contributed by atoms with Crippen LogP contribution in [0.5, 0.6) is 0 Å². The molecule has 1 aromatic heterocycles. The summed E-state index contributed by atoms with van der Waals surface area (Å²) in [6.45, 7) is 0.719. The first-order valence-electron chi connectivity index (χ1n) is 4.96. The third-order valence-electron chi connectivity index (χ3n) is 2.28. The van der Waals surface area contributed by atoms with E-state index in [0.717, 1.165) is 11.0 Å². The van der Waals surface area contributed by atoms with E-state index in [1.165, 1.54) is 5.56 Å². The summed E-state index contributed by atoms with van der Waals surface area (Å²) in [4.78, 5) is 6.06. The Morgan fingerprint density at radius 2 is 2.12 bits per heavy atom. The second kappa shape index (κ2) is 5.42. The minimum Gasteiger partial charge on any atom is -0.354 e. The van der Waals surface area contributed by atoms with Crippen molar-refractivity contribution in [1.82, 2.24) is 15.2 Å². The molecule has 0 atom stereocenters. The summed E-state index contributed by atoms with van der Waals surface area (Å²) in [6.07, 6.45) is 1.59. The first kappa shape index (κ1) is 12.3. The number of benzene rings is 1. The molecule has 0 bridgehead atoms.